The Balaban J connectivity index is 1.58. The Labute approximate surface area is 162 Å². The van der Waals surface area contributed by atoms with E-state index in [0.29, 0.717) is 17.1 Å². The van der Waals surface area contributed by atoms with Gasteiger partial charge in [-0.3, -0.25) is 9.89 Å². The Morgan fingerprint density at radius 3 is 2.61 bits per heavy atom. The SMILES string of the molecule is COc1ccc2c(c1)-c1n[nH]c(/C=C/C(=O)c3ccc(OC)c(OC)c3)c1C2. The van der Waals surface area contributed by atoms with Crippen molar-refractivity contribution in [1.82, 2.24) is 10.2 Å². The molecule has 0 spiro atoms. The molecule has 2 aromatic carbocycles. The number of carbonyl (C=O) groups excluding carboxylic acids is 1. The van der Waals surface area contributed by atoms with Gasteiger partial charge in [-0.15, -0.1) is 0 Å². The molecule has 0 unspecified atom stereocenters. The van der Waals surface area contributed by atoms with Crippen LogP contribution in [0.1, 0.15) is 27.2 Å². The minimum absolute atomic E-state index is 0.124. The topological polar surface area (TPSA) is 73.4 Å². The fourth-order valence-corrected chi connectivity index (χ4v) is 3.41. The zero-order chi connectivity index (χ0) is 19.7. The molecule has 142 valence electrons. The molecule has 0 radical (unpaired) electrons. The molecule has 1 aliphatic rings. The number of hydrogen-bond donors (Lipinski definition) is 1. The lowest BCUT2D eigenvalue weighted by molar-refractivity contribution is 0.104. The van der Waals surface area contributed by atoms with Gasteiger partial charge in [0, 0.05) is 23.1 Å². The summed E-state index contributed by atoms with van der Waals surface area (Å²) < 4.78 is 15.8. The van der Waals surface area contributed by atoms with Gasteiger partial charge in [0.2, 0.25) is 0 Å². The molecule has 6 nitrogen and oxygen atoms in total. The van der Waals surface area contributed by atoms with Crippen LogP contribution in [0.15, 0.2) is 42.5 Å². The summed E-state index contributed by atoms with van der Waals surface area (Å²) in [5.74, 6) is 1.79. The third-order valence-corrected chi connectivity index (χ3v) is 4.91. The maximum atomic E-state index is 12.6. The number of nitrogens with zero attached hydrogens (tertiary/aromatic N) is 1. The van der Waals surface area contributed by atoms with Crippen LogP contribution in [0.5, 0.6) is 17.2 Å². The van der Waals surface area contributed by atoms with E-state index in [1.807, 2.05) is 12.1 Å². The molecule has 0 saturated carbocycles. The van der Waals surface area contributed by atoms with Crippen molar-refractivity contribution in [3.8, 4) is 28.5 Å². The van der Waals surface area contributed by atoms with E-state index in [9.17, 15) is 4.79 Å². The number of rotatable bonds is 6. The molecule has 0 aliphatic heterocycles. The Hall–Kier alpha value is -3.54. The minimum atomic E-state index is -0.124. The number of ketones is 1. The lowest BCUT2D eigenvalue weighted by Crippen LogP contribution is -1.97. The van der Waals surface area contributed by atoms with Gasteiger partial charge in [0.05, 0.1) is 32.7 Å². The number of aromatic amines is 1. The largest absolute Gasteiger partial charge is 0.497 e. The smallest absolute Gasteiger partial charge is 0.186 e. The Morgan fingerprint density at radius 2 is 1.86 bits per heavy atom. The normalized spacial score (nSPS) is 12.0. The first-order chi connectivity index (χ1) is 13.6. The van der Waals surface area contributed by atoms with Gasteiger partial charge in [-0.2, -0.15) is 5.10 Å². The van der Waals surface area contributed by atoms with Crippen LogP contribution in [-0.2, 0) is 6.42 Å². The van der Waals surface area contributed by atoms with E-state index in [1.54, 1.807) is 51.7 Å². The molecule has 0 amide bonds. The summed E-state index contributed by atoms with van der Waals surface area (Å²) in [5, 5.41) is 7.46. The standard InChI is InChI=1S/C22H20N2O4/c1-26-15-6-4-13-10-17-18(23-24-22(17)16(13)12-15)7-8-19(25)14-5-9-20(27-2)21(11-14)28-3/h4-9,11-12H,10H2,1-3H3,(H,23,24)/b8-7+. The maximum absolute atomic E-state index is 12.6. The van der Waals surface area contributed by atoms with Crippen LogP contribution >= 0.6 is 0 Å². The summed E-state index contributed by atoms with van der Waals surface area (Å²) in [6.45, 7) is 0. The van der Waals surface area contributed by atoms with Gasteiger partial charge in [-0.25, -0.2) is 0 Å². The first kappa shape index (κ1) is 17.9. The van der Waals surface area contributed by atoms with Crippen LogP contribution in [0.25, 0.3) is 17.3 Å². The fourth-order valence-electron chi connectivity index (χ4n) is 3.41. The number of fused-ring (bicyclic) bond motifs is 3. The van der Waals surface area contributed by atoms with Crippen molar-refractivity contribution in [3.05, 3.63) is 64.9 Å². The van der Waals surface area contributed by atoms with Crippen LogP contribution in [-0.4, -0.2) is 37.3 Å². The van der Waals surface area contributed by atoms with Crippen molar-refractivity contribution in [2.75, 3.05) is 21.3 Å². The molecule has 1 aromatic heterocycles. The third-order valence-electron chi connectivity index (χ3n) is 4.91. The van der Waals surface area contributed by atoms with Gasteiger partial charge in [-0.05, 0) is 48.0 Å². The highest BCUT2D eigenvalue weighted by Gasteiger charge is 2.24. The Morgan fingerprint density at radius 1 is 1.04 bits per heavy atom. The Kier molecular flexibility index (Phi) is 4.61. The molecule has 0 atom stereocenters. The summed E-state index contributed by atoms with van der Waals surface area (Å²) in [5.41, 5.74) is 5.62. The number of allylic oxidation sites excluding steroid dienone is 1. The van der Waals surface area contributed by atoms with Crippen molar-refractivity contribution in [2.45, 2.75) is 6.42 Å². The van der Waals surface area contributed by atoms with Crippen LogP contribution in [0, 0.1) is 0 Å². The van der Waals surface area contributed by atoms with Crippen molar-refractivity contribution >= 4 is 11.9 Å². The molecular weight excluding hydrogens is 356 g/mol. The number of hydrogen-bond acceptors (Lipinski definition) is 5. The van der Waals surface area contributed by atoms with E-state index in [4.69, 9.17) is 14.2 Å². The number of nitrogens with one attached hydrogen (secondary N) is 1. The van der Waals surface area contributed by atoms with E-state index in [-0.39, 0.29) is 5.78 Å². The number of methoxy groups -OCH3 is 3. The molecule has 6 heteroatoms. The van der Waals surface area contributed by atoms with Gasteiger partial charge in [-0.1, -0.05) is 6.07 Å². The molecule has 3 aromatic rings. The summed E-state index contributed by atoms with van der Waals surface area (Å²) >= 11 is 0. The van der Waals surface area contributed by atoms with Crippen LogP contribution in [0.3, 0.4) is 0 Å². The molecule has 0 bridgehead atoms. The van der Waals surface area contributed by atoms with Gasteiger partial charge in [0.15, 0.2) is 17.3 Å². The quantitative estimate of drug-likeness (QED) is 0.408. The maximum Gasteiger partial charge on any atom is 0.186 e. The summed E-state index contributed by atoms with van der Waals surface area (Å²) in [4.78, 5) is 12.6. The lowest BCUT2D eigenvalue weighted by atomic mass is 10.1. The molecule has 1 heterocycles. The second-order valence-electron chi connectivity index (χ2n) is 6.43. The number of aromatic nitrogens is 2. The molecule has 4 rings (SSSR count). The molecule has 0 fully saturated rings. The molecule has 1 aliphatic carbocycles. The van der Waals surface area contributed by atoms with E-state index in [2.05, 4.69) is 16.3 Å². The summed E-state index contributed by atoms with van der Waals surface area (Å²) in [7, 11) is 4.75. The van der Waals surface area contributed by atoms with E-state index < -0.39 is 0 Å². The monoisotopic (exact) mass is 376 g/mol. The molecule has 0 saturated heterocycles. The summed E-state index contributed by atoms with van der Waals surface area (Å²) in [6, 6.07) is 11.1. The van der Waals surface area contributed by atoms with E-state index in [0.717, 1.165) is 34.7 Å². The van der Waals surface area contributed by atoms with Crippen molar-refractivity contribution in [3.63, 3.8) is 0 Å². The van der Waals surface area contributed by atoms with E-state index in [1.165, 1.54) is 5.56 Å². The lowest BCUT2D eigenvalue weighted by Gasteiger charge is -2.07. The average Bonchev–Trinajstić information content (AvgIpc) is 3.30. The fraction of sp³-hybridized carbons (Fsp3) is 0.182. The number of ether oxygens (including phenoxy) is 3. The van der Waals surface area contributed by atoms with Gasteiger partial charge in [0.25, 0.3) is 0 Å². The second kappa shape index (κ2) is 7.23. The highest BCUT2D eigenvalue weighted by atomic mass is 16.5. The predicted octanol–water partition coefficient (Wildman–Crippen LogP) is 3.90. The van der Waals surface area contributed by atoms with Crippen LogP contribution < -0.4 is 14.2 Å². The highest BCUT2D eigenvalue weighted by Crippen LogP contribution is 2.39. The number of carbonyl (C=O) groups is 1. The first-order valence-corrected chi connectivity index (χ1v) is 8.83. The van der Waals surface area contributed by atoms with Crippen molar-refractivity contribution in [1.29, 1.82) is 0 Å². The van der Waals surface area contributed by atoms with Gasteiger partial charge in [0.1, 0.15) is 5.75 Å². The molecule has 28 heavy (non-hydrogen) atoms. The van der Waals surface area contributed by atoms with Crippen LogP contribution in [0.2, 0.25) is 0 Å². The average molecular weight is 376 g/mol. The molecule has 1 N–H and O–H groups in total. The number of H-pyrrole nitrogens is 1. The third kappa shape index (κ3) is 3.03. The first-order valence-electron chi connectivity index (χ1n) is 8.83. The number of benzene rings is 2. The molecular formula is C22H20N2O4. The van der Waals surface area contributed by atoms with Crippen molar-refractivity contribution in [2.24, 2.45) is 0 Å². The second-order valence-corrected chi connectivity index (χ2v) is 6.43. The zero-order valence-electron chi connectivity index (χ0n) is 15.9. The van der Waals surface area contributed by atoms with E-state index >= 15 is 0 Å². The van der Waals surface area contributed by atoms with Gasteiger partial charge >= 0.3 is 0 Å². The Bertz CT molecular complexity index is 1080. The van der Waals surface area contributed by atoms with Crippen molar-refractivity contribution < 1.29 is 19.0 Å². The predicted molar refractivity (Wildman–Crippen MR) is 106 cm³/mol. The van der Waals surface area contributed by atoms with Crippen LogP contribution in [0.4, 0.5) is 0 Å². The zero-order valence-corrected chi connectivity index (χ0v) is 15.9. The minimum Gasteiger partial charge on any atom is -0.497 e. The van der Waals surface area contributed by atoms with Gasteiger partial charge < -0.3 is 14.2 Å². The summed E-state index contributed by atoms with van der Waals surface area (Å²) in [6.07, 6.45) is 4.09. The highest BCUT2D eigenvalue weighted by molar-refractivity contribution is 6.07.